The van der Waals surface area contributed by atoms with E-state index in [9.17, 15) is 4.79 Å². The van der Waals surface area contributed by atoms with Gasteiger partial charge in [0, 0.05) is 13.1 Å². The van der Waals surface area contributed by atoms with Crippen molar-refractivity contribution in [1.82, 2.24) is 5.32 Å². The number of methoxy groups -OCH3 is 1. The monoisotopic (exact) mass is 239 g/mol. The van der Waals surface area contributed by atoms with Gasteiger partial charge in [0.1, 0.15) is 6.61 Å². The molecular formula is C11H17N3O3. The Morgan fingerprint density at radius 3 is 2.76 bits per heavy atom. The van der Waals surface area contributed by atoms with Gasteiger partial charge in [-0.1, -0.05) is 6.07 Å². The predicted molar refractivity (Wildman–Crippen MR) is 64.0 cm³/mol. The summed E-state index contributed by atoms with van der Waals surface area (Å²) in [6.45, 7) is 1.21. The first kappa shape index (κ1) is 13.1. The van der Waals surface area contributed by atoms with E-state index < -0.39 is 6.03 Å². The van der Waals surface area contributed by atoms with Crippen LogP contribution in [0.3, 0.4) is 0 Å². The van der Waals surface area contributed by atoms with Gasteiger partial charge in [-0.15, -0.1) is 0 Å². The molecule has 94 valence electrons. The van der Waals surface area contributed by atoms with Crippen LogP contribution in [0.15, 0.2) is 18.2 Å². The fourth-order valence-electron chi connectivity index (χ4n) is 1.30. The molecule has 0 heterocycles. The third-order valence-electron chi connectivity index (χ3n) is 2.07. The fourth-order valence-corrected chi connectivity index (χ4v) is 1.30. The van der Waals surface area contributed by atoms with Crippen molar-refractivity contribution in [3.05, 3.63) is 23.8 Å². The van der Waals surface area contributed by atoms with Gasteiger partial charge in [0.2, 0.25) is 0 Å². The molecule has 0 atom stereocenters. The van der Waals surface area contributed by atoms with Gasteiger partial charge >= 0.3 is 6.03 Å². The minimum Gasteiger partial charge on any atom is -0.493 e. The zero-order valence-corrected chi connectivity index (χ0v) is 9.73. The number of amides is 2. The van der Waals surface area contributed by atoms with Gasteiger partial charge in [0.25, 0.3) is 0 Å². The number of nitrogens with two attached hydrogens (primary N) is 2. The van der Waals surface area contributed by atoms with Crippen LogP contribution < -0.4 is 26.3 Å². The van der Waals surface area contributed by atoms with Gasteiger partial charge in [0.15, 0.2) is 11.5 Å². The SMILES string of the molecule is COc1cc(CNC(N)=O)ccc1OCCN. The summed E-state index contributed by atoms with van der Waals surface area (Å²) in [7, 11) is 1.55. The minimum atomic E-state index is -0.563. The molecule has 1 aromatic rings. The highest BCUT2D eigenvalue weighted by Gasteiger charge is 2.05. The van der Waals surface area contributed by atoms with E-state index in [2.05, 4.69) is 5.32 Å². The van der Waals surface area contributed by atoms with Gasteiger partial charge in [-0.3, -0.25) is 0 Å². The van der Waals surface area contributed by atoms with Gasteiger partial charge in [-0.2, -0.15) is 0 Å². The van der Waals surface area contributed by atoms with Crippen molar-refractivity contribution in [3.8, 4) is 11.5 Å². The van der Waals surface area contributed by atoms with Crippen LogP contribution in [0.25, 0.3) is 0 Å². The lowest BCUT2D eigenvalue weighted by molar-refractivity contribution is 0.248. The third-order valence-corrected chi connectivity index (χ3v) is 2.07. The number of carbonyl (C=O) groups is 1. The summed E-state index contributed by atoms with van der Waals surface area (Å²) < 4.78 is 10.6. The van der Waals surface area contributed by atoms with Crippen molar-refractivity contribution < 1.29 is 14.3 Å². The molecule has 0 fully saturated rings. The van der Waals surface area contributed by atoms with Gasteiger partial charge < -0.3 is 26.3 Å². The smallest absolute Gasteiger partial charge is 0.312 e. The van der Waals surface area contributed by atoms with E-state index in [4.69, 9.17) is 20.9 Å². The third kappa shape index (κ3) is 4.20. The number of rotatable bonds is 6. The van der Waals surface area contributed by atoms with Crippen molar-refractivity contribution in [2.75, 3.05) is 20.3 Å². The number of benzene rings is 1. The number of ether oxygens (including phenoxy) is 2. The molecule has 0 radical (unpaired) electrons. The Morgan fingerprint density at radius 2 is 2.18 bits per heavy atom. The lowest BCUT2D eigenvalue weighted by Crippen LogP contribution is -2.28. The molecule has 0 spiro atoms. The second-order valence-corrected chi connectivity index (χ2v) is 3.34. The van der Waals surface area contributed by atoms with Crippen molar-refractivity contribution in [3.63, 3.8) is 0 Å². The second kappa shape index (κ2) is 6.59. The number of nitrogens with one attached hydrogen (secondary N) is 1. The quantitative estimate of drug-likeness (QED) is 0.660. The molecule has 0 unspecified atom stereocenters. The standard InChI is InChI=1S/C11H17N3O3/c1-16-10-6-8(7-14-11(13)15)2-3-9(10)17-5-4-12/h2-3,6H,4-5,7,12H2,1H3,(H3,13,14,15). The summed E-state index contributed by atoms with van der Waals surface area (Å²) in [5.41, 5.74) is 11.2. The molecular weight excluding hydrogens is 222 g/mol. The molecule has 1 rings (SSSR count). The van der Waals surface area contributed by atoms with Crippen molar-refractivity contribution >= 4 is 6.03 Å². The van der Waals surface area contributed by atoms with Crippen LogP contribution in [0, 0.1) is 0 Å². The average Bonchev–Trinajstić information content (AvgIpc) is 2.34. The maximum atomic E-state index is 10.6. The molecule has 0 saturated heterocycles. The van der Waals surface area contributed by atoms with Gasteiger partial charge in [0.05, 0.1) is 7.11 Å². The normalized spacial score (nSPS) is 9.76. The topological polar surface area (TPSA) is 99.6 Å². The van der Waals surface area contributed by atoms with Crippen LogP contribution in [-0.2, 0) is 6.54 Å². The van der Waals surface area contributed by atoms with Crippen LogP contribution in [0.1, 0.15) is 5.56 Å². The molecule has 0 bridgehead atoms. The maximum Gasteiger partial charge on any atom is 0.312 e. The summed E-state index contributed by atoms with van der Waals surface area (Å²) in [4.78, 5) is 10.6. The van der Waals surface area contributed by atoms with Gasteiger partial charge in [-0.25, -0.2) is 4.79 Å². The second-order valence-electron chi connectivity index (χ2n) is 3.34. The predicted octanol–water partition coefficient (Wildman–Crippen LogP) is 0.201. The highest BCUT2D eigenvalue weighted by Crippen LogP contribution is 2.27. The van der Waals surface area contributed by atoms with Crippen molar-refractivity contribution in [1.29, 1.82) is 0 Å². The first-order valence-corrected chi connectivity index (χ1v) is 5.20. The van der Waals surface area contributed by atoms with E-state index in [-0.39, 0.29) is 0 Å². The zero-order valence-electron chi connectivity index (χ0n) is 9.73. The van der Waals surface area contributed by atoms with Crippen LogP contribution in [0.5, 0.6) is 11.5 Å². The number of hydrogen-bond acceptors (Lipinski definition) is 4. The van der Waals surface area contributed by atoms with Crippen LogP contribution in [-0.4, -0.2) is 26.3 Å². The summed E-state index contributed by atoms with van der Waals surface area (Å²) in [6, 6.07) is 4.81. The van der Waals surface area contributed by atoms with E-state index >= 15 is 0 Å². The molecule has 17 heavy (non-hydrogen) atoms. The lowest BCUT2D eigenvalue weighted by Gasteiger charge is -2.11. The molecule has 0 aliphatic heterocycles. The minimum absolute atomic E-state index is 0.350. The maximum absolute atomic E-state index is 10.6. The Bertz CT molecular complexity index is 382. The lowest BCUT2D eigenvalue weighted by atomic mass is 10.2. The molecule has 2 amide bonds. The average molecular weight is 239 g/mol. The van der Waals surface area contributed by atoms with Crippen molar-refractivity contribution in [2.45, 2.75) is 6.54 Å². The Hall–Kier alpha value is -1.95. The summed E-state index contributed by atoms with van der Waals surface area (Å²) in [6.07, 6.45) is 0. The van der Waals surface area contributed by atoms with Gasteiger partial charge in [-0.05, 0) is 17.7 Å². The van der Waals surface area contributed by atoms with E-state index in [1.165, 1.54) is 0 Å². The van der Waals surface area contributed by atoms with Crippen LogP contribution >= 0.6 is 0 Å². The summed E-state index contributed by atoms with van der Waals surface area (Å²) in [5.74, 6) is 1.22. The Labute approximate surface area is 99.9 Å². The van der Waals surface area contributed by atoms with E-state index in [1.807, 2.05) is 6.07 Å². The van der Waals surface area contributed by atoms with E-state index in [0.717, 1.165) is 5.56 Å². The molecule has 0 aromatic heterocycles. The molecule has 6 heteroatoms. The molecule has 0 aliphatic rings. The molecule has 6 nitrogen and oxygen atoms in total. The highest BCUT2D eigenvalue weighted by molar-refractivity contribution is 5.71. The number of primary amides is 1. The Morgan fingerprint density at radius 1 is 1.41 bits per heavy atom. The summed E-state index contributed by atoms with van der Waals surface area (Å²) in [5, 5.41) is 2.50. The van der Waals surface area contributed by atoms with E-state index in [0.29, 0.717) is 31.2 Å². The highest BCUT2D eigenvalue weighted by atomic mass is 16.5. The molecule has 5 N–H and O–H groups in total. The van der Waals surface area contributed by atoms with Crippen molar-refractivity contribution in [2.24, 2.45) is 11.5 Å². The molecule has 0 aliphatic carbocycles. The zero-order chi connectivity index (χ0) is 12.7. The first-order chi connectivity index (χ1) is 8.17. The van der Waals surface area contributed by atoms with Crippen LogP contribution in [0.4, 0.5) is 4.79 Å². The number of hydrogen-bond donors (Lipinski definition) is 3. The van der Waals surface area contributed by atoms with E-state index in [1.54, 1.807) is 19.2 Å². The first-order valence-electron chi connectivity index (χ1n) is 5.20. The fraction of sp³-hybridized carbons (Fsp3) is 0.364. The number of urea groups is 1. The molecule has 0 saturated carbocycles. The summed E-state index contributed by atoms with van der Waals surface area (Å²) >= 11 is 0. The molecule has 1 aromatic carbocycles. The largest absolute Gasteiger partial charge is 0.493 e. The number of carbonyl (C=O) groups excluding carboxylic acids is 1. The van der Waals surface area contributed by atoms with Crippen LogP contribution in [0.2, 0.25) is 0 Å². The Kier molecular flexibility index (Phi) is 5.09. The Balaban J connectivity index is 2.73.